The molecule has 108 valence electrons. The van der Waals surface area contributed by atoms with E-state index in [0.717, 1.165) is 11.5 Å². The van der Waals surface area contributed by atoms with E-state index in [2.05, 4.69) is 6.58 Å². The molecule has 2 nitrogen and oxygen atoms in total. The van der Waals surface area contributed by atoms with E-state index < -0.39 is 0 Å². The molecule has 0 radical (unpaired) electrons. The second-order valence-electron chi connectivity index (χ2n) is 3.37. The first-order chi connectivity index (χ1) is 9.60. The Morgan fingerprint density at radius 2 is 1.00 bits per heavy atom. The molecule has 0 aromatic heterocycles. The molecule has 0 aliphatic carbocycles. The van der Waals surface area contributed by atoms with E-state index in [1.54, 1.807) is 14.2 Å². The Kier molecular flexibility index (Phi) is 11.4. The minimum Gasteiger partial charge on any atom is -0.497 e. The van der Waals surface area contributed by atoms with E-state index in [1.807, 2.05) is 60.7 Å². The van der Waals surface area contributed by atoms with Crippen molar-refractivity contribution in [3.63, 3.8) is 0 Å². The van der Waals surface area contributed by atoms with Crippen molar-refractivity contribution in [3.8, 4) is 11.5 Å². The summed E-state index contributed by atoms with van der Waals surface area (Å²) in [4.78, 5) is 0. The Balaban J connectivity index is 0.000000289. The summed E-state index contributed by atoms with van der Waals surface area (Å²) in [5, 5.41) is 0. The van der Waals surface area contributed by atoms with E-state index >= 15 is 0 Å². The topological polar surface area (TPSA) is 18.5 Å². The first kappa shape index (κ1) is 18.4. The van der Waals surface area contributed by atoms with Gasteiger partial charge in [-0.05, 0) is 24.3 Å². The fraction of sp³-hybridized carbons (Fsp3) is 0.125. The highest BCUT2D eigenvalue weighted by atomic mass is 35.5. The van der Waals surface area contributed by atoms with Crippen LogP contribution in [0.4, 0.5) is 0 Å². The van der Waals surface area contributed by atoms with Crippen molar-refractivity contribution >= 4 is 23.2 Å². The second-order valence-corrected chi connectivity index (χ2v) is 4.48. The lowest BCUT2D eigenvalue weighted by molar-refractivity contribution is 0.414. The monoisotopic (exact) mass is 312 g/mol. The van der Waals surface area contributed by atoms with E-state index in [9.17, 15) is 0 Å². The lowest BCUT2D eigenvalue weighted by atomic mass is 10.3. The highest BCUT2D eigenvalue weighted by molar-refractivity contribution is 6.55. The van der Waals surface area contributed by atoms with Crippen LogP contribution in [-0.2, 0) is 0 Å². The molecular formula is C16H18Cl2O2. The molecule has 2 aromatic rings. The van der Waals surface area contributed by atoms with Crippen molar-refractivity contribution in [1.29, 1.82) is 0 Å². The van der Waals surface area contributed by atoms with Crippen LogP contribution < -0.4 is 9.47 Å². The summed E-state index contributed by atoms with van der Waals surface area (Å²) in [6.45, 7) is 3.09. The molecule has 0 saturated heterocycles. The molecule has 0 aliphatic rings. The molecule has 2 aromatic carbocycles. The second kappa shape index (κ2) is 12.4. The lowest BCUT2D eigenvalue weighted by Crippen LogP contribution is -1.78. The molecule has 20 heavy (non-hydrogen) atoms. The zero-order valence-corrected chi connectivity index (χ0v) is 13.1. The number of methoxy groups -OCH3 is 2. The summed E-state index contributed by atoms with van der Waals surface area (Å²) in [5.41, 5.74) is 0. The van der Waals surface area contributed by atoms with Gasteiger partial charge in [-0.3, -0.25) is 0 Å². The average molecular weight is 313 g/mol. The maximum Gasteiger partial charge on any atom is 0.118 e. The van der Waals surface area contributed by atoms with Crippen LogP contribution in [0.3, 0.4) is 0 Å². The van der Waals surface area contributed by atoms with E-state index in [0.29, 0.717) is 0 Å². The predicted octanol–water partition coefficient (Wildman–Crippen LogP) is 5.33. The summed E-state index contributed by atoms with van der Waals surface area (Å²) >= 11 is 9.69. The van der Waals surface area contributed by atoms with Gasteiger partial charge in [0.2, 0.25) is 0 Å². The molecule has 4 heteroatoms. The fourth-order valence-electron chi connectivity index (χ4n) is 1.11. The molecule has 0 fully saturated rings. The van der Waals surface area contributed by atoms with Gasteiger partial charge in [0.1, 0.15) is 11.5 Å². The summed E-state index contributed by atoms with van der Waals surface area (Å²) in [7, 11) is 3.32. The molecule has 0 atom stereocenters. The third-order valence-corrected chi connectivity index (χ3v) is 1.96. The average Bonchev–Trinajstić information content (AvgIpc) is 2.49. The van der Waals surface area contributed by atoms with Gasteiger partial charge in [-0.25, -0.2) is 0 Å². The zero-order chi connectivity index (χ0) is 15.2. The van der Waals surface area contributed by atoms with Crippen LogP contribution in [0.5, 0.6) is 11.5 Å². The van der Waals surface area contributed by atoms with Crippen LogP contribution in [0.2, 0.25) is 0 Å². The SMILES string of the molecule is C=C(Cl)Cl.COc1ccccc1.COc1ccccc1. The van der Waals surface area contributed by atoms with Crippen LogP contribution in [0.1, 0.15) is 0 Å². The summed E-state index contributed by atoms with van der Waals surface area (Å²) in [5.74, 6) is 1.82. The molecule has 0 bridgehead atoms. The number of para-hydroxylation sites is 2. The predicted molar refractivity (Wildman–Crippen MR) is 86.8 cm³/mol. The molecule has 0 N–H and O–H groups in total. The number of rotatable bonds is 2. The van der Waals surface area contributed by atoms with Gasteiger partial charge >= 0.3 is 0 Å². The highest BCUT2D eigenvalue weighted by Gasteiger charge is 1.80. The Bertz CT molecular complexity index is 415. The van der Waals surface area contributed by atoms with Gasteiger partial charge < -0.3 is 9.47 Å². The minimum absolute atomic E-state index is 0.111. The van der Waals surface area contributed by atoms with Crippen LogP contribution in [-0.4, -0.2) is 14.2 Å². The molecule has 0 amide bonds. The van der Waals surface area contributed by atoms with Gasteiger partial charge in [0, 0.05) is 0 Å². The van der Waals surface area contributed by atoms with Crippen molar-refractivity contribution < 1.29 is 9.47 Å². The molecular weight excluding hydrogens is 295 g/mol. The normalized spacial score (nSPS) is 8.20. The maximum atomic E-state index is 4.91. The van der Waals surface area contributed by atoms with Crippen LogP contribution in [0.15, 0.2) is 71.7 Å². The first-order valence-electron chi connectivity index (χ1n) is 5.78. The smallest absolute Gasteiger partial charge is 0.118 e. The molecule has 0 unspecified atom stereocenters. The summed E-state index contributed by atoms with van der Waals surface area (Å²) in [6, 6.07) is 19.4. The van der Waals surface area contributed by atoms with Crippen molar-refractivity contribution in [1.82, 2.24) is 0 Å². The lowest BCUT2D eigenvalue weighted by Gasteiger charge is -1.93. The molecule has 0 spiro atoms. The molecule has 2 rings (SSSR count). The molecule has 0 heterocycles. The van der Waals surface area contributed by atoms with Gasteiger partial charge in [0.25, 0.3) is 0 Å². The Labute approximate surface area is 130 Å². The van der Waals surface area contributed by atoms with E-state index in [1.165, 1.54) is 0 Å². The quantitative estimate of drug-likeness (QED) is 0.746. The third-order valence-electron chi connectivity index (χ3n) is 1.96. The minimum atomic E-state index is 0.111. The van der Waals surface area contributed by atoms with Gasteiger partial charge in [0.15, 0.2) is 0 Å². The van der Waals surface area contributed by atoms with Crippen LogP contribution in [0.25, 0.3) is 0 Å². The molecule has 0 aliphatic heterocycles. The summed E-state index contributed by atoms with van der Waals surface area (Å²) < 4.78 is 9.94. The Morgan fingerprint density at radius 1 is 0.750 bits per heavy atom. The van der Waals surface area contributed by atoms with Gasteiger partial charge in [0.05, 0.1) is 18.7 Å². The maximum absolute atomic E-state index is 4.91. The number of hydrogen-bond donors (Lipinski definition) is 0. The zero-order valence-electron chi connectivity index (χ0n) is 11.6. The Morgan fingerprint density at radius 3 is 1.15 bits per heavy atom. The van der Waals surface area contributed by atoms with Crippen molar-refractivity contribution in [2.75, 3.05) is 14.2 Å². The number of halogens is 2. The van der Waals surface area contributed by atoms with Crippen LogP contribution in [0, 0.1) is 0 Å². The van der Waals surface area contributed by atoms with Crippen LogP contribution >= 0.6 is 23.2 Å². The molecule has 0 saturated carbocycles. The third kappa shape index (κ3) is 11.5. The first-order valence-corrected chi connectivity index (χ1v) is 6.53. The fourth-order valence-corrected chi connectivity index (χ4v) is 1.11. The van der Waals surface area contributed by atoms with Gasteiger partial charge in [-0.2, -0.15) is 0 Å². The number of benzene rings is 2. The van der Waals surface area contributed by atoms with Crippen molar-refractivity contribution in [3.05, 3.63) is 71.7 Å². The number of hydrogen-bond acceptors (Lipinski definition) is 2. The summed E-state index contributed by atoms with van der Waals surface area (Å²) in [6.07, 6.45) is 0. The van der Waals surface area contributed by atoms with Crippen molar-refractivity contribution in [2.24, 2.45) is 0 Å². The van der Waals surface area contributed by atoms with E-state index in [-0.39, 0.29) is 4.49 Å². The van der Waals surface area contributed by atoms with E-state index in [4.69, 9.17) is 32.7 Å². The van der Waals surface area contributed by atoms with Crippen molar-refractivity contribution in [2.45, 2.75) is 0 Å². The standard InChI is InChI=1S/2C7H8O.C2H2Cl2/c2*1-8-7-5-3-2-4-6-7;1-2(3)4/h2*2-6H,1H3;1H2. The van der Waals surface area contributed by atoms with Gasteiger partial charge in [-0.1, -0.05) is 66.2 Å². The Hall–Kier alpha value is -1.64. The van der Waals surface area contributed by atoms with Gasteiger partial charge in [-0.15, -0.1) is 0 Å². The highest BCUT2D eigenvalue weighted by Crippen LogP contribution is 2.06. The largest absolute Gasteiger partial charge is 0.497 e. The number of ether oxygens (including phenoxy) is 2.